The van der Waals surface area contributed by atoms with Crippen molar-refractivity contribution in [3.05, 3.63) is 30.1 Å². The van der Waals surface area contributed by atoms with Gasteiger partial charge < -0.3 is 9.84 Å². The van der Waals surface area contributed by atoms with E-state index in [1.54, 1.807) is 0 Å². The van der Waals surface area contributed by atoms with Crippen LogP contribution in [0.15, 0.2) is 29.2 Å². The summed E-state index contributed by atoms with van der Waals surface area (Å²) in [5, 5.41) is 8.94. The molecule has 1 aromatic carbocycles. The van der Waals surface area contributed by atoms with Crippen molar-refractivity contribution in [3.8, 4) is 0 Å². The van der Waals surface area contributed by atoms with Gasteiger partial charge in [-0.3, -0.25) is 0 Å². The Hall–Kier alpha value is -1.02. The van der Waals surface area contributed by atoms with E-state index in [2.05, 4.69) is 4.72 Å². The summed E-state index contributed by atoms with van der Waals surface area (Å²) in [6, 6.07) is 4.22. The third kappa shape index (κ3) is 3.74. The normalized spacial score (nSPS) is 13.6. The Bertz CT molecular complexity index is 463. The van der Waals surface area contributed by atoms with Crippen molar-refractivity contribution in [1.82, 2.24) is 4.72 Å². The molecule has 0 aliphatic heterocycles. The SMILES string of the molecule is COCC(CO)NS(=O)(=O)c1ccccc1F. The van der Waals surface area contributed by atoms with Crippen LogP contribution in [0.3, 0.4) is 0 Å². The summed E-state index contributed by atoms with van der Waals surface area (Å²) in [6.07, 6.45) is 0. The van der Waals surface area contributed by atoms with E-state index in [1.165, 1.54) is 19.2 Å². The third-order valence-electron chi connectivity index (χ3n) is 2.04. The van der Waals surface area contributed by atoms with E-state index in [0.717, 1.165) is 12.1 Å². The molecule has 0 fully saturated rings. The maximum absolute atomic E-state index is 13.3. The molecule has 0 radical (unpaired) electrons. The Morgan fingerprint density at radius 3 is 2.65 bits per heavy atom. The van der Waals surface area contributed by atoms with Gasteiger partial charge in [-0.15, -0.1) is 0 Å². The Morgan fingerprint density at radius 1 is 1.47 bits per heavy atom. The molecule has 0 aliphatic rings. The molecule has 1 unspecified atom stereocenters. The van der Waals surface area contributed by atoms with Gasteiger partial charge in [-0.2, -0.15) is 0 Å². The molecule has 1 atom stereocenters. The van der Waals surface area contributed by atoms with Gasteiger partial charge in [0.25, 0.3) is 0 Å². The van der Waals surface area contributed by atoms with Crippen molar-refractivity contribution in [2.75, 3.05) is 20.3 Å². The van der Waals surface area contributed by atoms with E-state index in [4.69, 9.17) is 9.84 Å². The molecule has 1 aromatic rings. The molecule has 17 heavy (non-hydrogen) atoms. The zero-order chi connectivity index (χ0) is 12.9. The van der Waals surface area contributed by atoms with Gasteiger partial charge in [0.05, 0.1) is 19.3 Å². The number of hydrogen-bond acceptors (Lipinski definition) is 4. The fraction of sp³-hybridized carbons (Fsp3) is 0.400. The molecule has 96 valence electrons. The standard InChI is InChI=1S/C10H14FNO4S/c1-16-7-8(6-13)12-17(14,15)10-5-3-2-4-9(10)11/h2-5,8,12-13H,6-7H2,1H3. The first-order valence-electron chi connectivity index (χ1n) is 4.88. The lowest BCUT2D eigenvalue weighted by atomic mass is 10.3. The maximum Gasteiger partial charge on any atom is 0.243 e. The summed E-state index contributed by atoms with van der Waals surface area (Å²) in [5.74, 6) is -0.839. The highest BCUT2D eigenvalue weighted by molar-refractivity contribution is 7.89. The summed E-state index contributed by atoms with van der Waals surface area (Å²) in [7, 11) is -2.61. The van der Waals surface area contributed by atoms with Crippen molar-refractivity contribution in [1.29, 1.82) is 0 Å². The first-order chi connectivity index (χ1) is 8.01. The number of nitrogens with one attached hydrogen (secondary N) is 1. The highest BCUT2D eigenvalue weighted by Gasteiger charge is 2.22. The zero-order valence-electron chi connectivity index (χ0n) is 9.26. The molecular formula is C10H14FNO4S. The minimum atomic E-state index is -3.99. The second-order valence-electron chi connectivity index (χ2n) is 3.39. The smallest absolute Gasteiger partial charge is 0.243 e. The molecule has 5 nitrogen and oxygen atoms in total. The number of sulfonamides is 1. The largest absolute Gasteiger partial charge is 0.395 e. The van der Waals surface area contributed by atoms with E-state index < -0.39 is 33.4 Å². The summed E-state index contributed by atoms with van der Waals surface area (Å²) < 4.78 is 43.8. The lowest BCUT2D eigenvalue weighted by Gasteiger charge is -2.15. The van der Waals surface area contributed by atoms with E-state index in [0.29, 0.717) is 0 Å². The van der Waals surface area contributed by atoms with Gasteiger partial charge in [0.2, 0.25) is 10.0 Å². The molecule has 0 amide bonds. The Morgan fingerprint density at radius 2 is 2.12 bits per heavy atom. The van der Waals surface area contributed by atoms with Crippen LogP contribution in [0.5, 0.6) is 0 Å². The Kier molecular flexibility index (Phi) is 5.01. The van der Waals surface area contributed by atoms with Crippen molar-refractivity contribution < 1.29 is 22.7 Å². The molecule has 0 spiro atoms. The van der Waals surface area contributed by atoms with Crippen molar-refractivity contribution >= 4 is 10.0 Å². The highest BCUT2D eigenvalue weighted by atomic mass is 32.2. The van der Waals surface area contributed by atoms with Crippen molar-refractivity contribution in [2.24, 2.45) is 0 Å². The Balaban J connectivity index is 2.92. The van der Waals surface area contributed by atoms with Crippen LogP contribution < -0.4 is 4.72 Å². The summed E-state index contributed by atoms with van der Waals surface area (Å²) >= 11 is 0. The molecular weight excluding hydrogens is 249 g/mol. The monoisotopic (exact) mass is 263 g/mol. The molecule has 0 saturated carbocycles. The second-order valence-corrected chi connectivity index (χ2v) is 5.07. The molecule has 0 aromatic heterocycles. The molecule has 0 saturated heterocycles. The number of methoxy groups -OCH3 is 1. The summed E-state index contributed by atoms with van der Waals surface area (Å²) in [6.45, 7) is -0.425. The zero-order valence-corrected chi connectivity index (χ0v) is 10.1. The van der Waals surface area contributed by atoms with E-state index in [9.17, 15) is 12.8 Å². The molecule has 7 heteroatoms. The van der Waals surface area contributed by atoms with Crippen LogP contribution in [-0.4, -0.2) is 39.9 Å². The van der Waals surface area contributed by atoms with Crippen LogP contribution in [0.4, 0.5) is 4.39 Å². The number of aliphatic hydroxyl groups excluding tert-OH is 1. The van der Waals surface area contributed by atoms with Crippen LogP contribution in [0.1, 0.15) is 0 Å². The highest BCUT2D eigenvalue weighted by Crippen LogP contribution is 2.13. The molecule has 2 N–H and O–H groups in total. The van der Waals surface area contributed by atoms with Crippen LogP contribution >= 0.6 is 0 Å². The van der Waals surface area contributed by atoms with Crippen LogP contribution in [0.25, 0.3) is 0 Å². The maximum atomic E-state index is 13.3. The predicted octanol–water partition coefficient (Wildman–Crippen LogP) is 0.111. The number of hydrogen-bond donors (Lipinski definition) is 2. The fourth-order valence-corrected chi connectivity index (χ4v) is 2.56. The van der Waals surface area contributed by atoms with Gasteiger partial charge in [-0.25, -0.2) is 17.5 Å². The third-order valence-corrected chi connectivity index (χ3v) is 3.59. The number of rotatable bonds is 6. The topological polar surface area (TPSA) is 75.6 Å². The first kappa shape index (κ1) is 14.0. The van der Waals surface area contributed by atoms with Crippen molar-refractivity contribution in [2.45, 2.75) is 10.9 Å². The van der Waals surface area contributed by atoms with Gasteiger partial charge in [-0.1, -0.05) is 12.1 Å². The van der Waals surface area contributed by atoms with E-state index in [1.807, 2.05) is 0 Å². The van der Waals surface area contributed by atoms with Gasteiger partial charge in [0.1, 0.15) is 10.7 Å². The van der Waals surface area contributed by atoms with Crippen LogP contribution in [-0.2, 0) is 14.8 Å². The Labute approximate surface area is 99.3 Å². The molecule has 0 bridgehead atoms. The quantitative estimate of drug-likeness (QED) is 0.764. The van der Waals surface area contributed by atoms with Crippen LogP contribution in [0, 0.1) is 5.82 Å². The minimum Gasteiger partial charge on any atom is -0.395 e. The summed E-state index contributed by atoms with van der Waals surface area (Å²) in [5.41, 5.74) is 0. The second kappa shape index (κ2) is 6.06. The van der Waals surface area contributed by atoms with E-state index in [-0.39, 0.29) is 6.61 Å². The first-order valence-corrected chi connectivity index (χ1v) is 6.36. The number of benzene rings is 1. The fourth-order valence-electron chi connectivity index (χ4n) is 1.27. The van der Waals surface area contributed by atoms with Gasteiger partial charge in [-0.05, 0) is 12.1 Å². The van der Waals surface area contributed by atoms with Gasteiger partial charge >= 0.3 is 0 Å². The van der Waals surface area contributed by atoms with Crippen molar-refractivity contribution in [3.63, 3.8) is 0 Å². The van der Waals surface area contributed by atoms with Gasteiger partial charge in [0, 0.05) is 7.11 Å². The molecule has 0 heterocycles. The minimum absolute atomic E-state index is 0.00415. The van der Waals surface area contributed by atoms with E-state index >= 15 is 0 Å². The average molecular weight is 263 g/mol. The van der Waals surface area contributed by atoms with Gasteiger partial charge in [0.15, 0.2) is 0 Å². The summed E-state index contributed by atoms with van der Waals surface area (Å²) in [4.78, 5) is -0.449. The number of ether oxygens (including phenoxy) is 1. The number of aliphatic hydroxyl groups is 1. The molecule has 0 aliphatic carbocycles. The lowest BCUT2D eigenvalue weighted by molar-refractivity contribution is 0.139. The molecule has 1 rings (SSSR count). The predicted molar refractivity (Wildman–Crippen MR) is 59.5 cm³/mol. The van der Waals surface area contributed by atoms with Crippen LogP contribution in [0.2, 0.25) is 0 Å². The number of halogens is 1. The lowest BCUT2D eigenvalue weighted by Crippen LogP contribution is -2.40. The average Bonchev–Trinajstić information content (AvgIpc) is 2.28.